The van der Waals surface area contributed by atoms with Gasteiger partial charge in [0.25, 0.3) is 0 Å². The van der Waals surface area contributed by atoms with E-state index in [0.29, 0.717) is 6.42 Å². The van der Waals surface area contributed by atoms with Crippen LogP contribution in [0.4, 0.5) is 0 Å². The minimum Gasteiger partial charge on any atom is -0.394 e. The third-order valence-corrected chi connectivity index (χ3v) is 15.2. The molecule has 432 valence electrons. The van der Waals surface area contributed by atoms with Gasteiger partial charge in [-0.25, -0.2) is 4.18 Å². The minimum atomic E-state index is -5.09. The molecule has 73 heavy (non-hydrogen) atoms. The van der Waals surface area contributed by atoms with Crippen LogP contribution in [-0.2, 0) is 28.9 Å². The summed E-state index contributed by atoms with van der Waals surface area (Å²) < 4.78 is 47.9. The smallest absolute Gasteiger partial charge is 0.394 e. The number of aliphatic hydroxyl groups is 4. The standard InChI is InChI=1S/C60H115NO11S/c1-3-5-7-9-11-13-15-17-19-21-22-23-24-25-26-27-28-29-30-31-32-33-34-36-38-40-42-44-46-48-50-56(64)61-53(52-70-60-58(66)59(72-73(67,68)69)57(65)55(51-62)71-60)54(63)49-47-45-43-41-39-37-35-20-18-16-14-12-10-8-6-4-2/h25-26,47,49,53-55,57-60,62-63,65-66H,3-24,27-46,48,50-52H2,1-2H3,(H,61,64)(H,67,68,69)/b26-25-,49-47+. The van der Waals surface area contributed by atoms with Crippen LogP contribution in [0.5, 0.6) is 0 Å². The highest BCUT2D eigenvalue weighted by atomic mass is 32.3. The fraction of sp³-hybridized carbons (Fsp3) is 0.917. The summed E-state index contributed by atoms with van der Waals surface area (Å²) in [6, 6.07) is -0.942. The maximum atomic E-state index is 13.1. The van der Waals surface area contributed by atoms with E-state index in [0.717, 1.165) is 38.5 Å². The SMILES string of the molecule is CCCCCCCCCCCCCC/C=C\CCCCCCCCCCCCCCCCC(=O)NC(COC1OC(CO)C(O)C(OS(=O)(=O)O)C1O)C(O)/C=C/CCCCCCCCCCCCCCCC. The van der Waals surface area contributed by atoms with Crippen LogP contribution in [-0.4, -0.2) is 95.4 Å². The van der Waals surface area contributed by atoms with E-state index in [1.165, 1.54) is 231 Å². The average Bonchev–Trinajstić information content (AvgIpc) is 3.37. The van der Waals surface area contributed by atoms with Crippen molar-refractivity contribution >= 4 is 16.3 Å². The van der Waals surface area contributed by atoms with Crippen LogP contribution in [0.1, 0.15) is 296 Å². The molecule has 1 heterocycles. The van der Waals surface area contributed by atoms with Gasteiger partial charge in [0, 0.05) is 6.42 Å². The lowest BCUT2D eigenvalue weighted by molar-refractivity contribution is -0.298. The first-order valence-corrected chi connectivity index (χ1v) is 32.1. The molecule has 0 aromatic carbocycles. The monoisotopic (exact) mass is 1060 g/mol. The van der Waals surface area contributed by atoms with Crippen LogP contribution < -0.4 is 5.32 Å². The number of aliphatic hydroxyl groups excluding tert-OH is 4. The zero-order chi connectivity index (χ0) is 53.3. The van der Waals surface area contributed by atoms with Crippen molar-refractivity contribution in [3.05, 3.63) is 24.3 Å². The minimum absolute atomic E-state index is 0.258. The zero-order valence-corrected chi connectivity index (χ0v) is 47.8. The van der Waals surface area contributed by atoms with Crippen molar-refractivity contribution in [3.8, 4) is 0 Å². The molecule has 1 rings (SSSR count). The molecule has 7 unspecified atom stereocenters. The van der Waals surface area contributed by atoms with E-state index in [4.69, 9.17) is 9.47 Å². The lowest BCUT2D eigenvalue weighted by atomic mass is 9.99. The summed E-state index contributed by atoms with van der Waals surface area (Å²) in [6.07, 6.45) is 53.8. The van der Waals surface area contributed by atoms with Crippen molar-refractivity contribution in [2.24, 2.45) is 0 Å². The van der Waals surface area contributed by atoms with E-state index in [1.54, 1.807) is 6.08 Å². The molecule has 1 aliphatic heterocycles. The van der Waals surface area contributed by atoms with Crippen LogP contribution >= 0.6 is 0 Å². The number of hydrogen-bond acceptors (Lipinski definition) is 10. The Morgan fingerprint density at radius 1 is 0.534 bits per heavy atom. The molecule has 13 heteroatoms. The van der Waals surface area contributed by atoms with E-state index < -0.39 is 59.9 Å². The lowest BCUT2D eigenvalue weighted by Crippen LogP contribution is -2.61. The summed E-state index contributed by atoms with van der Waals surface area (Å²) >= 11 is 0. The van der Waals surface area contributed by atoms with Gasteiger partial charge in [0.15, 0.2) is 6.29 Å². The topological polar surface area (TPSA) is 192 Å². The fourth-order valence-electron chi connectivity index (χ4n) is 9.98. The van der Waals surface area contributed by atoms with E-state index in [2.05, 4.69) is 35.5 Å². The molecule has 0 saturated carbocycles. The molecule has 6 N–H and O–H groups in total. The van der Waals surface area contributed by atoms with Gasteiger partial charge in [-0.2, -0.15) is 8.42 Å². The highest BCUT2D eigenvalue weighted by Crippen LogP contribution is 2.26. The number of nitrogens with one attached hydrogen (secondary N) is 1. The predicted molar refractivity (Wildman–Crippen MR) is 301 cm³/mol. The van der Waals surface area contributed by atoms with Gasteiger partial charge >= 0.3 is 10.4 Å². The van der Waals surface area contributed by atoms with Crippen molar-refractivity contribution in [1.82, 2.24) is 5.32 Å². The Hall–Kier alpha value is -1.42. The third kappa shape index (κ3) is 42.3. The van der Waals surface area contributed by atoms with E-state index in [1.807, 2.05) is 6.08 Å². The van der Waals surface area contributed by atoms with Gasteiger partial charge in [0.1, 0.15) is 24.4 Å². The largest absolute Gasteiger partial charge is 0.397 e. The summed E-state index contributed by atoms with van der Waals surface area (Å²) in [4.78, 5) is 13.1. The summed E-state index contributed by atoms with van der Waals surface area (Å²) in [7, 11) is -5.09. The molecule has 1 fully saturated rings. The predicted octanol–water partition coefficient (Wildman–Crippen LogP) is 14.8. The highest BCUT2D eigenvalue weighted by Gasteiger charge is 2.48. The molecule has 1 saturated heterocycles. The van der Waals surface area contributed by atoms with Crippen LogP contribution in [0.2, 0.25) is 0 Å². The number of rotatable bonds is 54. The Balaban J connectivity index is 2.27. The molecule has 12 nitrogen and oxygen atoms in total. The van der Waals surface area contributed by atoms with E-state index >= 15 is 0 Å². The van der Waals surface area contributed by atoms with Crippen LogP contribution in [0, 0.1) is 0 Å². The van der Waals surface area contributed by atoms with Crippen LogP contribution in [0.25, 0.3) is 0 Å². The first-order chi connectivity index (χ1) is 35.5. The Morgan fingerprint density at radius 2 is 0.877 bits per heavy atom. The second-order valence-corrected chi connectivity index (χ2v) is 22.7. The first kappa shape index (κ1) is 69.6. The summed E-state index contributed by atoms with van der Waals surface area (Å²) in [5.41, 5.74) is 0. The average molecular weight is 1060 g/mol. The van der Waals surface area contributed by atoms with Crippen molar-refractivity contribution in [2.75, 3.05) is 13.2 Å². The van der Waals surface area contributed by atoms with Gasteiger partial charge in [0.2, 0.25) is 5.91 Å². The molecule has 1 amide bonds. The molecule has 0 spiro atoms. The number of carbonyl (C=O) groups is 1. The van der Waals surface area contributed by atoms with Gasteiger partial charge in [-0.1, -0.05) is 269 Å². The number of unbranched alkanes of at least 4 members (excludes halogenated alkanes) is 40. The van der Waals surface area contributed by atoms with Gasteiger partial charge in [0.05, 0.1) is 25.4 Å². The summed E-state index contributed by atoms with van der Waals surface area (Å²) in [5, 5.41) is 45.0. The Labute approximate surface area is 448 Å². The van der Waals surface area contributed by atoms with E-state index in [9.17, 15) is 38.2 Å². The number of hydrogen-bond donors (Lipinski definition) is 6. The number of carbonyl (C=O) groups excluding carboxylic acids is 1. The number of allylic oxidation sites excluding steroid dienone is 3. The number of ether oxygens (including phenoxy) is 2. The second kappa shape index (κ2) is 50.1. The molecule has 7 atom stereocenters. The maximum absolute atomic E-state index is 13.1. The molecule has 0 bridgehead atoms. The van der Waals surface area contributed by atoms with Crippen molar-refractivity contribution in [3.63, 3.8) is 0 Å². The second-order valence-electron chi connectivity index (χ2n) is 21.6. The zero-order valence-electron chi connectivity index (χ0n) is 47.0. The van der Waals surface area contributed by atoms with E-state index in [-0.39, 0.29) is 18.9 Å². The molecule has 0 radical (unpaired) electrons. The maximum Gasteiger partial charge on any atom is 0.397 e. The number of amides is 1. The fourth-order valence-corrected chi connectivity index (χ4v) is 10.5. The first-order valence-electron chi connectivity index (χ1n) is 30.7. The Kier molecular flexibility index (Phi) is 47.8. The van der Waals surface area contributed by atoms with Gasteiger partial charge in [-0.05, 0) is 44.9 Å². The van der Waals surface area contributed by atoms with Gasteiger partial charge < -0.3 is 35.2 Å². The normalized spacial score (nSPS) is 19.4. The molecule has 0 aromatic heterocycles. The van der Waals surface area contributed by atoms with Crippen molar-refractivity contribution in [1.29, 1.82) is 0 Å². The highest BCUT2D eigenvalue weighted by molar-refractivity contribution is 7.80. The van der Waals surface area contributed by atoms with Crippen molar-refractivity contribution in [2.45, 2.75) is 339 Å². The van der Waals surface area contributed by atoms with Crippen LogP contribution in [0.15, 0.2) is 24.3 Å². The lowest BCUT2D eigenvalue weighted by Gasteiger charge is -2.41. The Morgan fingerprint density at radius 3 is 1.23 bits per heavy atom. The molecular weight excluding hydrogens is 943 g/mol. The molecule has 0 aliphatic carbocycles. The summed E-state index contributed by atoms with van der Waals surface area (Å²) in [5.74, 6) is -0.258. The quantitative estimate of drug-likeness (QED) is 0.0193. The van der Waals surface area contributed by atoms with Crippen molar-refractivity contribution < 1.29 is 51.8 Å². The molecular formula is C60H115NO11S. The Bertz CT molecular complexity index is 1380. The third-order valence-electron chi connectivity index (χ3n) is 14.7. The molecule has 0 aromatic rings. The van der Waals surface area contributed by atoms with Gasteiger partial charge in [-0.3, -0.25) is 9.35 Å². The summed E-state index contributed by atoms with van der Waals surface area (Å²) in [6.45, 7) is 3.43. The molecule has 1 aliphatic rings. The van der Waals surface area contributed by atoms with Crippen LogP contribution in [0.3, 0.4) is 0 Å². The van der Waals surface area contributed by atoms with Gasteiger partial charge in [-0.15, -0.1) is 0 Å².